The number of nitrogens with zero attached hydrogens (tertiary/aromatic N) is 4. The van der Waals surface area contributed by atoms with Crippen LogP contribution in [0.3, 0.4) is 0 Å². The molecular weight excluding hydrogens is 240 g/mol. The summed E-state index contributed by atoms with van der Waals surface area (Å²) >= 11 is 5.82. The minimum Gasteiger partial charge on any atom is -0.347 e. The summed E-state index contributed by atoms with van der Waals surface area (Å²) in [7, 11) is 3.47. The maximum atomic E-state index is 11.7. The molecular formula is C11H17ClN4O. The van der Waals surface area contributed by atoms with Gasteiger partial charge in [0, 0.05) is 26.7 Å². The van der Waals surface area contributed by atoms with Gasteiger partial charge in [-0.15, -0.1) is 0 Å². The Kier molecular flexibility index (Phi) is 5.15. The molecule has 1 amide bonds. The molecule has 6 heteroatoms. The zero-order valence-corrected chi connectivity index (χ0v) is 11.1. The van der Waals surface area contributed by atoms with Crippen LogP contribution >= 0.6 is 11.6 Å². The molecule has 0 bridgehead atoms. The Morgan fingerprint density at radius 1 is 1.41 bits per heavy atom. The summed E-state index contributed by atoms with van der Waals surface area (Å²) in [5.41, 5.74) is 0. The molecule has 0 radical (unpaired) electrons. The van der Waals surface area contributed by atoms with Crippen LogP contribution in [0.1, 0.15) is 13.3 Å². The van der Waals surface area contributed by atoms with Crippen LogP contribution in [0.15, 0.2) is 12.4 Å². The third-order valence-electron chi connectivity index (χ3n) is 2.26. The summed E-state index contributed by atoms with van der Waals surface area (Å²) in [5, 5.41) is 0.383. The van der Waals surface area contributed by atoms with E-state index in [-0.39, 0.29) is 5.91 Å². The molecule has 5 nitrogen and oxygen atoms in total. The monoisotopic (exact) mass is 256 g/mol. The molecule has 0 atom stereocenters. The number of anilines is 1. The van der Waals surface area contributed by atoms with Crippen molar-refractivity contribution in [2.45, 2.75) is 13.3 Å². The van der Waals surface area contributed by atoms with Crippen molar-refractivity contribution in [2.75, 3.05) is 32.1 Å². The molecule has 0 aliphatic rings. The summed E-state index contributed by atoms with van der Waals surface area (Å²) in [5.74, 6) is 0.718. The van der Waals surface area contributed by atoms with Crippen molar-refractivity contribution in [3.63, 3.8) is 0 Å². The van der Waals surface area contributed by atoms with E-state index in [1.165, 1.54) is 6.33 Å². The highest BCUT2D eigenvalue weighted by Gasteiger charge is 2.13. The van der Waals surface area contributed by atoms with E-state index in [1.54, 1.807) is 25.1 Å². The molecule has 0 saturated heterocycles. The highest BCUT2D eigenvalue weighted by atomic mass is 35.5. The summed E-state index contributed by atoms with van der Waals surface area (Å²) in [6.07, 6.45) is 2.34. The molecule has 0 aliphatic carbocycles. The largest absolute Gasteiger partial charge is 0.347 e. The van der Waals surface area contributed by atoms with Crippen LogP contribution < -0.4 is 4.90 Å². The van der Waals surface area contributed by atoms with Crippen molar-refractivity contribution in [3.05, 3.63) is 17.5 Å². The molecule has 0 N–H and O–H groups in total. The first-order valence-electron chi connectivity index (χ1n) is 5.47. The fraction of sp³-hybridized carbons (Fsp3) is 0.545. The van der Waals surface area contributed by atoms with Gasteiger partial charge in [0.2, 0.25) is 5.91 Å². The second kappa shape index (κ2) is 6.39. The number of carbonyl (C=O) groups is 1. The molecule has 17 heavy (non-hydrogen) atoms. The lowest BCUT2D eigenvalue weighted by molar-refractivity contribution is -0.127. The standard InChI is InChI=1S/C11H17ClN4O/c1-4-5-16(7-11(17)15(2)3)10-6-9(12)13-8-14-10/h6,8H,4-5,7H2,1-3H3. The van der Waals surface area contributed by atoms with Crippen molar-refractivity contribution in [3.8, 4) is 0 Å². The SMILES string of the molecule is CCCN(CC(=O)N(C)C)c1cc(Cl)ncn1. The molecule has 0 spiro atoms. The van der Waals surface area contributed by atoms with Crippen LogP contribution in [-0.4, -0.2) is 48.0 Å². The van der Waals surface area contributed by atoms with Gasteiger partial charge >= 0.3 is 0 Å². The number of amides is 1. The molecule has 0 aliphatic heterocycles. The second-order valence-electron chi connectivity index (χ2n) is 3.91. The highest BCUT2D eigenvalue weighted by molar-refractivity contribution is 6.29. The Morgan fingerprint density at radius 3 is 2.65 bits per heavy atom. The van der Waals surface area contributed by atoms with Crippen molar-refractivity contribution in [1.29, 1.82) is 0 Å². The first-order valence-corrected chi connectivity index (χ1v) is 5.85. The van der Waals surface area contributed by atoms with Crippen LogP contribution in [0.4, 0.5) is 5.82 Å². The third kappa shape index (κ3) is 4.19. The molecule has 1 aromatic heterocycles. The van der Waals surface area contributed by atoms with Crippen molar-refractivity contribution in [1.82, 2.24) is 14.9 Å². The topological polar surface area (TPSA) is 49.3 Å². The maximum Gasteiger partial charge on any atom is 0.241 e. The molecule has 1 rings (SSSR count). The van der Waals surface area contributed by atoms with Crippen LogP contribution in [-0.2, 0) is 4.79 Å². The molecule has 0 fully saturated rings. The lowest BCUT2D eigenvalue weighted by Crippen LogP contribution is -2.37. The van der Waals surface area contributed by atoms with E-state index in [0.717, 1.165) is 13.0 Å². The predicted octanol–water partition coefficient (Wildman–Crippen LogP) is 1.43. The van der Waals surface area contributed by atoms with Gasteiger partial charge in [-0.05, 0) is 6.42 Å². The Balaban J connectivity index is 2.82. The Labute approximate surface area is 106 Å². The Morgan fingerprint density at radius 2 is 2.12 bits per heavy atom. The molecule has 94 valence electrons. The van der Waals surface area contributed by atoms with Gasteiger partial charge < -0.3 is 9.80 Å². The van der Waals surface area contributed by atoms with E-state index in [0.29, 0.717) is 17.5 Å². The van der Waals surface area contributed by atoms with E-state index in [9.17, 15) is 4.79 Å². The molecule has 0 aromatic carbocycles. The second-order valence-corrected chi connectivity index (χ2v) is 4.30. The fourth-order valence-corrected chi connectivity index (χ4v) is 1.49. The van der Waals surface area contributed by atoms with Gasteiger partial charge in [0.05, 0.1) is 6.54 Å². The first kappa shape index (κ1) is 13.7. The molecule has 0 saturated carbocycles. The number of likely N-dealkylation sites (N-methyl/N-ethyl adjacent to an activating group) is 1. The van der Waals surface area contributed by atoms with Gasteiger partial charge in [0.25, 0.3) is 0 Å². The number of hydrogen-bond acceptors (Lipinski definition) is 4. The number of hydrogen-bond donors (Lipinski definition) is 0. The lowest BCUT2D eigenvalue weighted by Gasteiger charge is -2.24. The normalized spacial score (nSPS) is 10.1. The van der Waals surface area contributed by atoms with E-state index >= 15 is 0 Å². The molecule has 1 aromatic rings. The fourth-order valence-electron chi connectivity index (χ4n) is 1.35. The van der Waals surface area contributed by atoms with Gasteiger partial charge in [-0.1, -0.05) is 18.5 Å². The van der Waals surface area contributed by atoms with Crippen molar-refractivity contribution >= 4 is 23.3 Å². The predicted molar refractivity (Wildman–Crippen MR) is 68.2 cm³/mol. The molecule has 1 heterocycles. The lowest BCUT2D eigenvalue weighted by atomic mass is 10.3. The van der Waals surface area contributed by atoms with Gasteiger partial charge in [-0.2, -0.15) is 0 Å². The van der Waals surface area contributed by atoms with Crippen LogP contribution in [0.5, 0.6) is 0 Å². The Hall–Kier alpha value is -1.36. The average Bonchev–Trinajstić information content (AvgIpc) is 2.28. The number of halogens is 1. The minimum absolute atomic E-state index is 0.0354. The van der Waals surface area contributed by atoms with Gasteiger partial charge in [0.15, 0.2) is 0 Å². The summed E-state index contributed by atoms with van der Waals surface area (Å²) < 4.78 is 0. The Bertz CT molecular complexity index is 383. The highest BCUT2D eigenvalue weighted by Crippen LogP contribution is 2.14. The smallest absolute Gasteiger partial charge is 0.241 e. The number of carbonyl (C=O) groups excluding carboxylic acids is 1. The van der Waals surface area contributed by atoms with Crippen molar-refractivity contribution in [2.24, 2.45) is 0 Å². The van der Waals surface area contributed by atoms with Crippen LogP contribution in [0.25, 0.3) is 0 Å². The first-order chi connectivity index (χ1) is 8.04. The average molecular weight is 257 g/mol. The summed E-state index contributed by atoms with van der Waals surface area (Å²) in [6, 6.07) is 1.67. The summed E-state index contributed by atoms with van der Waals surface area (Å²) in [4.78, 5) is 23.1. The quantitative estimate of drug-likeness (QED) is 0.748. The molecule has 0 unspecified atom stereocenters. The van der Waals surface area contributed by atoms with Crippen LogP contribution in [0.2, 0.25) is 5.15 Å². The van der Waals surface area contributed by atoms with E-state index in [1.807, 2.05) is 4.90 Å². The summed E-state index contributed by atoms with van der Waals surface area (Å²) in [6.45, 7) is 3.11. The van der Waals surface area contributed by atoms with Gasteiger partial charge in [-0.25, -0.2) is 9.97 Å². The zero-order chi connectivity index (χ0) is 12.8. The number of rotatable bonds is 5. The third-order valence-corrected chi connectivity index (χ3v) is 2.47. The van der Waals surface area contributed by atoms with E-state index < -0.39 is 0 Å². The van der Waals surface area contributed by atoms with Crippen LogP contribution in [0, 0.1) is 0 Å². The van der Waals surface area contributed by atoms with E-state index in [4.69, 9.17) is 11.6 Å². The zero-order valence-electron chi connectivity index (χ0n) is 10.4. The van der Waals surface area contributed by atoms with E-state index in [2.05, 4.69) is 16.9 Å². The minimum atomic E-state index is 0.0354. The maximum absolute atomic E-state index is 11.7. The van der Waals surface area contributed by atoms with Gasteiger partial charge in [-0.3, -0.25) is 4.79 Å². The number of aromatic nitrogens is 2. The van der Waals surface area contributed by atoms with Crippen molar-refractivity contribution < 1.29 is 4.79 Å². The van der Waals surface area contributed by atoms with Gasteiger partial charge in [0.1, 0.15) is 17.3 Å².